The lowest BCUT2D eigenvalue weighted by Crippen LogP contribution is -2.41. The molecule has 1 aliphatic carbocycles. The average Bonchev–Trinajstić information content (AvgIpc) is 2.48. The van der Waals surface area contributed by atoms with Gasteiger partial charge in [-0.05, 0) is 19.8 Å². The molecule has 1 aliphatic rings. The topological polar surface area (TPSA) is 52.6 Å². The van der Waals surface area contributed by atoms with Gasteiger partial charge in [0.25, 0.3) is 0 Å². The first kappa shape index (κ1) is 17.5. The molecule has 0 radical (unpaired) electrons. The molecule has 21 heavy (non-hydrogen) atoms. The number of carbonyl (C=O) groups excluding carboxylic acids is 2. The van der Waals surface area contributed by atoms with Crippen LogP contribution in [0.1, 0.15) is 46.5 Å². The Balaban J connectivity index is 2.71. The van der Waals surface area contributed by atoms with Gasteiger partial charge in [-0.2, -0.15) is 0 Å². The number of rotatable bonds is 8. The van der Waals surface area contributed by atoms with Crippen LogP contribution in [0.4, 0.5) is 0 Å². The number of ether oxygens (including phenoxy) is 2. The molecule has 0 saturated heterocycles. The van der Waals surface area contributed by atoms with Crippen molar-refractivity contribution in [2.24, 2.45) is 11.3 Å². The van der Waals surface area contributed by atoms with Crippen LogP contribution in [0.15, 0.2) is 24.3 Å². The number of carbonyl (C=O) groups is 2. The second-order valence-electron chi connectivity index (χ2n) is 5.51. The minimum Gasteiger partial charge on any atom is -0.465 e. The second kappa shape index (κ2) is 8.65. The van der Waals surface area contributed by atoms with Gasteiger partial charge in [0.15, 0.2) is 0 Å². The third kappa shape index (κ3) is 4.73. The van der Waals surface area contributed by atoms with Crippen molar-refractivity contribution in [1.82, 2.24) is 0 Å². The van der Waals surface area contributed by atoms with Gasteiger partial charge < -0.3 is 9.47 Å². The molecule has 2 atom stereocenters. The third-order valence-electron chi connectivity index (χ3n) is 3.67. The molecule has 0 aromatic rings. The molecule has 0 aromatic carbocycles. The lowest BCUT2D eigenvalue weighted by molar-refractivity contribution is -0.163. The van der Waals surface area contributed by atoms with Crippen LogP contribution in [0.2, 0.25) is 0 Å². The van der Waals surface area contributed by atoms with Gasteiger partial charge in [-0.1, -0.05) is 51.0 Å². The number of hydrogen-bond acceptors (Lipinski definition) is 4. The molecule has 4 heteroatoms. The molecule has 0 saturated carbocycles. The lowest BCUT2D eigenvalue weighted by atomic mass is 9.74. The third-order valence-corrected chi connectivity index (χ3v) is 3.67. The van der Waals surface area contributed by atoms with Crippen molar-refractivity contribution >= 4 is 11.9 Å². The number of allylic oxidation sites excluding steroid dienone is 2. The van der Waals surface area contributed by atoms with Crippen LogP contribution in [0, 0.1) is 11.3 Å². The van der Waals surface area contributed by atoms with Crippen LogP contribution >= 0.6 is 0 Å². The molecule has 0 fully saturated rings. The van der Waals surface area contributed by atoms with E-state index in [9.17, 15) is 9.59 Å². The Morgan fingerprint density at radius 1 is 1.05 bits per heavy atom. The Morgan fingerprint density at radius 2 is 1.67 bits per heavy atom. The molecule has 118 valence electrons. The lowest BCUT2D eigenvalue weighted by Gasteiger charge is -2.31. The zero-order valence-electron chi connectivity index (χ0n) is 13.3. The summed E-state index contributed by atoms with van der Waals surface area (Å²) >= 11 is 0. The van der Waals surface area contributed by atoms with E-state index in [0.717, 1.165) is 25.7 Å². The van der Waals surface area contributed by atoms with E-state index >= 15 is 0 Å². The van der Waals surface area contributed by atoms with Crippen LogP contribution in [-0.2, 0) is 19.1 Å². The quantitative estimate of drug-likeness (QED) is 0.508. The molecular formula is C17H26O4. The van der Waals surface area contributed by atoms with E-state index in [2.05, 4.69) is 0 Å². The average molecular weight is 294 g/mol. The molecule has 4 nitrogen and oxygen atoms in total. The molecule has 0 spiro atoms. The van der Waals surface area contributed by atoms with Crippen LogP contribution < -0.4 is 0 Å². The molecule has 0 bridgehead atoms. The highest BCUT2D eigenvalue weighted by atomic mass is 16.5. The maximum absolute atomic E-state index is 12.3. The first-order chi connectivity index (χ1) is 10.1. The fraction of sp³-hybridized carbons (Fsp3) is 0.647. The predicted octanol–water partition coefficient (Wildman–Crippen LogP) is 3.42. The monoisotopic (exact) mass is 294 g/mol. The fourth-order valence-electron chi connectivity index (χ4n) is 2.12. The summed E-state index contributed by atoms with van der Waals surface area (Å²) in [5, 5.41) is 0. The number of esters is 2. The van der Waals surface area contributed by atoms with Crippen molar-refractivity contribution in [3.8, 4) is 0 Å². The van der Waals surface area contributed by atoms with Crippen LogP contribution in [0.3, 0.4) is 0 Å². The second-order valence-corrected chi connectivity index (χ2v) is 5.51. The minimum atomic E-state index is -0.980. The van der Waals surface area contributed by atoms with Gasteiger partial charge in [0, 0.05) is 0 Å². The highest BCUT2D eigenvalue weighted by molar-refractivity contribution is 5.88. The summed E-state index contributed by atoms with van der Waals surface area (Å²) in [6.45, 7) is 6.58. The Morgan fingerprint density at radius 3 is 2.29 bits per heavy atom. The van der Waals surface area contributed by atoms with Crippen molar-refractivity contribution in [1.29, 1.82) is 0 Å². The number of unbranched alkanes of at least 4 members (excludes halogenated alkanes) is 2. The zero-order chi connectivity index (χ0) is 15.7. The van der Waals surface area contributed by atoms with E-state index < -0.39 is 11.3 Å². The van der Waals surface area contributed by atoms with Crippen molar-refractivity contribution in [2.75, 3.05) is 13.2 Å². The van der Waals surface area contributed by atoms with Gasteiger partial charge in [-0.3, -0.25) is 9.59 Å². The Labute approximate surface area is 127 Å². The van der Waals surface area contributed by atoms with Crippen LogP contribution in [0.5, 0.6) is 0 Å². The fourth-order valence-corrected chi connectivity index (χ4v) is 2.12. The Kier molecular flexibility index (Phi) is 7.20. The largest absolute Gasteiger partial charge is 0.465 e. The first-order valence-electron chi connectivity index (χ1n) is 7.76. The molecule has 0 amide bonds. The SMILES string of the molecule is CCCCOC(=O)C1C=CC=CC1(C)C(=O)OCCCC. The summed E-state index contributed by atoms with van der Waals surface area (Å²) < 4.78 is 10.6. The van der Waals surface area contributed by atoms with Gasteiger partial charge >= 0.3 is 11.9 Å². The highest BCUT2D eigenvalue weighted by Crippen LogP contribution is 2.35. The standard InChI is InChI=1S/C17H26O4/c1-4-6-12-20-15(18)14-10-8-9-11-17(14,3)16(19)21-13-7-5-2/h8-11,14H,4-7,12-13H2,1-3H3. The number of hydrogen-bond donors (Lipinski definition) is 0. The summed E-state index contributed by atoms with van der Waals surface area (Å²) in [7, 11) is 0. The maximum atomic E-state index is 12.3. The minimum absolute atomic E-state index is 0.362. The molecule has 0 aliphatic heterocycles. The van der Waals surface area contributed by atoms with Crippen molar-refractivity contribution in [3.05, 3.63) is 24.3 Å². The van der Waals surface area contributed by atoms with Crippen molar-refractivity contribution < 1.29 is 19.1 Å². The molecule has 1 rings (SSSR count). The molecular weight excluding hydrogens is 268 g/mol. The summed E-state index contributed by atoms with van der Waals surface area (Å²) in [5.74, 6) is -1.35. The zero-order valence-corrected chi connectivity index (χ0v) is 13.3. The van der Waals surface area contributed by atoms with E-state index in [1.54, 1.807) is 31.2 Å². The van der Waals surface area contributed by atoms with Gasteiger partial charge in [0.1, 0.15) is 5.41 Å². The van der Waals surface area contributed by atoms with E-state index in [1.165, 1.54) is 0 Å². The Bertz CT molecular complexity index is 411. The summed E-state index contributed by atoms with van der Waals surface area (Å²) in [5.41, 5.74) is -0.980. The van der Waals surface area contributed by atoms with Gasteiger partial charge in [0.05, 0.1) is 19.1 Å². The van der Waals surface area contributed by atoms with E-state index in [1.807, 2.05) is 13.8 Å². The summed E-state index contributed by atoms with van der Waals surface area (Å²) in [4.78, 5) is 24.5. The Hall–Kier alpha value is -1.58. The van der Waals surface area contributed by atoms with Gasteiger partial charge in [0.2, 0.25) is 0 Å². The van der Waals surface area contributed by atoms with E-state index in [4.69, 9.17) is 9.47 Å². The smallest absolute Gasteiger partial charge is 0.316 e. The van der Waals surface area contributed by atoms with E-state index in [0.29, 0.717) is 13.2 Å². The first-order valence-corrected chi connectivity index (χ1v) is 7.76. The summed E-state index contributed by atoms with van der Waals surface area (Å²) in [6, 6.07) is 0. The molecule has 0 N–H and O–H groups in total. The molecule has 0 aromatic heterocycles. The van der Waals surface area contributed by atoms with Gasteiger partial charge in [-0.25, -0.2) is 0 Å². The van der Waals surface area contributed by atoms with Crippen molar-refractivity contribution in [2.45, 2.75) is 46.5 Å². The normalized spacial score (nSPS) is 23.9. The highest BCUT2D eigenvalue weighted by Gasteiger charge is 2.45. The summed E-state index contributed by atoms with van der Waals surface area (Å²) in [6.07, 6.45) is 10.6. The molecule has 0 heterocycles. The predicted molar refractivity (Wildman–Crippen MR) is 81.6 cm³/mol. The maximum Gasteiger partial charge on any atom is 0.316 e. The van der Waals surface area contributed by atoms with Crippen molar-refractivity contribution in [3.63, 3.8) is 0 Å². The van der Waals surface area contributed by atoms with Crippen LogP contribution in [-0.4, -0.2) is 25.2 Å². The van der Waals surface area contributed by atoms with E-state index in [-0.39, 0.29) is 11.9 Å². The van der Waals surface area contributed by atoms with Gasteiger partial charge in [-0.15, -0.1) is 0 Å². The molecule has 2 unspecified atom stereocenters. The van der Waals surface area contributed by atoms with Crippen LogP contribution in [0.25, 0.3) is 0 Å².